The number of hydrogen-bond donors (Lipinski definition) is 0. The molecule has 0 unspecified atom stereocenters. The summed E-state index contributed by atoms with van der Waals surface area (Å²) in [5.41, 5.74) is 0.906. The summed E-state index contributed by atoms with van der Waals surface area (Å²) in [6.07, 6.45) is 3.00. The summed E-state index contributed by atoms with van der Waals surface area (Å²) in [7, 11) is -2.87. The fourth-order valence-corrected chi connectivity index (χ4v) is 1.37. The maximum atomic E-state index is 10.8. The van der Waals surface area contributed by atoms with Crippen molar-refractivity contribution in [2.24, 2.45) is 0 Å². The summed E-state index contributed by atoms with van der Waals surface area (Å²) in [5, 5.41) is 4.07. The molecule has 0 aliphatic heterocycles. The van der Waals surface area contributed by atoms with Crippen LogP contribution in [0.15, 0.2) is 12.3 Å². The third kappa shape index (κ3) is 3.04. The molecule has 5 heteroatoms. The van der Waals surface area contributed by atoms with Crippen molar-refractivity contribution in [3.05, 3.63) is 18.0 Å². The van der Waals surface area contributed by atoms with Crippen LogP contribution in [0.2, 0.25) is 0 Å². The molecule has 68 valence electrons. The largest absolute Gasteiger partial charge is 0.271 e. The van der Waals surface area contributed by atoms with E-state index in [2.05, 4.69) is 5.10 Å². The second kappa shape index (κ2) is 3.26. The Morgan fingerprint density at radius 1 is 1.58 bits per heavy atom. The first-order chi connectivity index (χ1) is 5.47. The zero-order valence-corrected chi connectivity index (χ0v) is 8.00. The van der Waals surface area contributed by atoms with Gasteiger partial charge in [-0.1, -0.05) is 0 Å². The predicted octanol–water partition coefficient (Wildman–Crippen LogP) is 0.236. The number of aryl methyl sites for hydroxylation is 2. The van der Waals surface area contributed by atoms with Crippen molar-refractivity contribution in [2.45, 2.75) is 13.5 Å². The third-order valence-corrected chi connectivity index (χ3v) is 2.39. The molecule has 0 bridgehead atoms. The normalized spacial score (nSPS) is 11.8. The second-order valence-corrected chi connectivity index (χ2v) is 5.11. The first kappa shape index (κ1) is 9.25. The molecule has 1 aromatic heterocycles. The molecule has 0 spiro atoms. The Labute approximate surface area is 72.1 Å². The van der Waals surface area contributed by atoms with Gasteiger partial charge in [-0.05, 0) is 13.0 Å². The number of sulfone groups is 1. The molecule has 0 atom stereocenters. The van der Waals surface area contributed by atoms with Gasteiger partial charge in [-0.25, -0.2) is 8.42 Å². The van der Waals surface area contributed by atoms with E-state index in [1.165, 1.54) is 6.26 Å². The van der Waals surface area contributed by atoms with E-state index >= 15 is 0 Å². The van der Waals surface area contributed by atoms with Crippen molar-refractivity contribution >= 4 is 9.84 Å². The van der Waals surface area contributed by atoms with Crippen molar-refractivity contribution in [1.29, 1.82) is 0 Å². The van der Waals surface area contributed by atoms with Crippen molar-refractivity contribution < 1.29 is 8.42 Å². The predicted molar refractivity (Wildman–Crippen MR) is 46.7 cm³/mol. The molecule has 0 amide bonds. The Balaban J connectivity index is 2.55. The summed E-state index contributed by atoms with van der Waals surface area (Å²) >= 11 is 0. The molecule has 4 nitrogen and oxygen atoms in total. The van der Waals surface area contributed by atoms with Crippen LogP contribution in [0.1, 0.15) is 5.69 Å². The summed E-state index contributed by atoms with van der Waals surface area (Å²) in [6, 6.07) is 1.85. The monoisotopic (exact) mass is 188 g/mol. The van der Waals surface area contributed by atoms with E-state index in [9.17, 15) is 8.42 Å². The first-order valence-electron chi connectivity index (χ1n) is 3.65. The Morgan fingerprint density at radius 2 is 2.25 bits per heavy atom. The van der Waals surface area contributed by atoms with Crippen LogP contribution >= 0.6 is 0 Å². The van der Waals surface area contributed by atoms with Gasteiger partial charge >= 0.3 is 0 Å². The minimum absolute atomic E-state index is 0.147. The summed E-state index contributed by atoms with van der Waals surface area (Å²) in [5.74, 6) is 0.147. The minimum atomic E-state index is -2.87. The van der Waals surface area contributed by atoms with Crippen molar-refractivity contribution in [2.75, 3.05) is 12.0 Å². The SMILES string of the molecule is Cc1ccn(CCS(C)(=O)=O)n1. The van der Waals surface area contributed by atoms with Crippen molar-refractivity contribution in [3.63, 3.8) is 0 Å². The first-order valence-corrected chi connectivity index (χ1v) is 5.71. The molecule has 1 heterocycles. The van der Waals surface area contributed by atoms with E-state index in [1.807, 2.05) is 13.0 Å². The Morgan fingerprint density at radius 3 is 2.67 bits per heavy atom. The van der Waals surface area contributed by atoms with Gasteiger partial charge in [0.15, 0.2) is 0 Å². The molecule has 0 fully saturated rings. The molecule has 1 rings (SSSR count). The van der Waals surface area contributed by atoms with E-state index in [1.54, 1.807) is 10.9 Å². The van der Waals surface area contributed by atoms with E-state index in [0.29, 0.717) is 6.54 Å². The van der Waals surface area contributed by atoms with Crippen LogP contribution in [-0.4, -0.2) is 30.2 Å². The number of rotatable bonds is 3. The lowest BCUT2D eigenvalue weighted by Gasteiger charge is -1.98. The van der Waals surface area contributed by atoms with Crippen LogP contribution in [0.5, 0.6) is 0 Å². The lowest BCUT2D eigenvalue weighted by atomic mass is 10.5. The van der Waals surface area contributed by atoms with Crippen LogP contribution in [0.25, 0.3) is 0 Å². The van der Waals surface area contributed by atoms with Crippen molar-refractivity contribution in [3.8, 4) is 0 Å². The molecule has 0 aliphatic rings. The molecule has 0 radical (unpaired) electrons. The topological polar surface area (TPSA) is 52.0 Å². The fraction of sp³-hybridized carbons (Fsp3) is 0.571. The number of aromatic nitrogens is 2. The van der Waals surface area contributed by atoms with Gasteiger partial charge in [-0.15, -0.1) is 0 Å². The lowest BCUT2D eigenvalue weighted by Crippen LogP contribution is -2.11. The molecule has 12 heavy (non-hydrogen) atoms. The Bertz CT molecular complexity index is 353. The van der Waals surface area contributed by atoms with Gasteiger partial charge in [-0.3, -0.25) is 4.68 Å². The Kier molecular flexibility index (Phi) is 2.52. The molecular formula is C7H12N2O2S. The maximum Gasteiger partial charge on any atom is 0.149 e. The van der Waals surface area contributed by atoms with Gasteiger partial charge in [0.2, 0.25) is 0 Å². The van der Waals surface area contributed by atoms with E-state index in [-0.39, 0.29) is 5.75 Å². The Hall–Kier alpha value is -0.840. The van der Waals surface area contributed by atoms with Gasteiger partial charge in [0.1, 0.15) is 9.84 Å². The van der Waals surface area contributed by atoms with Crippen LogP contribution in [0, 0.1) is 6.92 Å². The standard InChI is InChI=1S/C7H12N2O2S/c1-7-3-4-9(8-7)5-6-12(2,10)11/h3-4H,5-6H2,1-2H3. The van der Waals surface area contributed by atoms with Gasteiger partial charge in [-0.2, -0.15) is 5.10 Å². The van der Waals surface area contributed by atoms with E-state index in [4.69, 9.17) is 0 Å². The van der Waals surface area contributed by atoms with Crippen LogP contribution < -0.4 is 0 Å². The number of nitrogens with zero attached hydrogens (tertiary/aromatic N) is 2. The molecule has 0 aromatic carbocycles. The fourth-order valence-electron chi connectivity index (χ4n) is 0.847. The second-order valence-electron chi connectivity index (χ2n) is 2.85. The average Bonchev–Trinajstić information content (AvgIpc) is 2.30. The molecule has 0 saturated carbocycles. The highest BCUT2D eigenvalue weighted by atomic mass is 32.2. The van der Waals surface area contributed by atoms with Crippen molar-refractivity contribution in [1.82, 2.24) is 9.78 Å². The van der Waals surface area contributed by atoms with Crippen LogP contribution in [-0.2, 0) is 16.4 Å². The van der Waals surface area contributed by atoms with E-state index < -0.39 is 9.84 Å². The third-order valence-electron chi connectivity index (χ3n) is 1.47. The highest BCUT2D eigenvalue weighted by Crippen LogP contribution is 1.93. The van der Waals surface area contributed by atoms with Gasteiger partial charge in [0.25, 0.3) is 0 Å². The zero-order valence-electron chi connectivity index (χ0n) is 7.19. The summed E-state index contributed by atoms with van der Waals surface area (Å²) < 4.78 is 23.2. The maximum absolute atomic E-state index is 10.8. The molecule has 0 aliphatic carbocycles. The highest BCUT2D eigenvalue weighted by molar-refractivity contribution is 7.90. The minimum Gasteiger partial charge on any atom is -0.271 e. The quantitative estimate of drug-likeness (QED) is 0.682. The van der Waals surface area contributed by atoms with Crippen LogP contribution in [0.4, 0.5) is 0 Å². The highest BCUT2D eigenvalue weighted by Gasteiger charge is 2.02. The molecule has 0 saturated heterocycles. The molecule has 1 aromatic rings. The van der Waals surface area contributed by atoms with Gasteiger partial charge in [0.05, 0.1) is 18.0 Å². The molecular weight excluding hydrogens is 176 g/mol. The number of hydrogen-bond acceptors (Lipinski definition) is 3. The van der Waals surface area contributed by atoms with Gasteiger partial charge in [0, 0.05) is 12.5 Å². The molecule has 0 N–H and O–H groups in total. The van der Waals surface area contributed by atoms with E-state index in [0.717, 1.165) is 5.69 Å². The lowest BCUT2D eigenvalue weighted by molar-refractivity contribution is 0.585. The zero-order chi connectivity index (χ0) is 9.19. The summed E-state index contributed by atoms with van der Waals surface area (Å²) in [6.45, 7) is 2.31. The van der Waals surface area contributed by atoms with Gasteiger partial charge < -0.3 is 0 Å². The summed E-state index contributed by atoms with van der Waals surface area (Å²) in [4.78, 5) is 0. The smallest absolute Gasteiger partial charge is 0.149 e. The van der Waals surface area contributed by atoms with Crippen LogP contribution in [0.3, 0.4) is 0 Å². The average molecular weight is 188 g/mol.